The fourth-order valence-corrected chi connectivity index (χ4v) is 2.60. The molecule has 0 aliphatic heterocycles. The first kappa shape index (κ1) is 15.9. The number of hydrogen-bond acceptors (Lipinski definition) is 2. The summed E-state index contributed by atoms with van der Waals surface area (Å²) >= 11 is 0. The molecule has 0 bridgehead atoms. The fourth-order valence-electron chi connectivity index (χ4n) is 2.60. The van der Waals surface area contributed by atoms with Gasteiger partial charge in [-0.2, -0.15) is 5.10 Å². The van der Waals surface area contributed by atoms with Crippen molar-refractivity contribution in [2.45, 2.75) is 19.8 Å². The van der Waals surface area contributed by atoms with Crippen LogP contribution in [0.4, 0.5) is 10.1 Å². The Hall–Kier alpha value is -2.95. The zero-order valence-corrected chi connectivity index (χ0v) is 13.5. The predicted octanol–water partition coefficient (Wildman–Crippen LogP) is 4.39. The highest BCUT2D eigenvalue weighted by Gasteiger charge is 2.21. The summed E-state index contributed by atoms with van der Waals surface area (Å²) in [5.74, 6) is -0.439. The number of hydrogen-bond donors (Lipinski definition) is 1. The van der Waals surface area contributed by atoms with E-state index in [0.29, 0.717) is 5.56 Å². The molecule has 0 fully saturated rings. The maximum atomic E-state index is 13.1. The second-order valence-electron chi connectivity index (χ2n) is 5.81. The number of carbonyl (C=O) groups is 1. The molecular weight excluding hydrogens is 305 g/mol. The zero-order valence-electron chi connectivity index (χ0n) is 13.5. The van der Waals surface area contributed by atoms with Crippen LogP contribution < -0.4 is 5.32 Å². The molecule has 5 heteroatoms. The second kappa shape index (κ2) is 6.66. The molecule has 1 aromatic heterocycles. The van der Waals surface area contributed by atoms with Gasteiger partial charge in [-0.1, -0.05) is 32.0 Å². The minimum Gasteiger partial charge on any atom is -0.322 e. The van der Waals surface area contributed by atoms with Gasteiger partial charge < -0.3 is 5.32 Å². The molecule has 1 heterocycles. The minimum atomic E-state index is -0.306. The van der Waals surface area contributed by atoms with Crippen molar-refractivity contribution in [1.82, 2.24) is 9.78 Å². The lowest BCUT2D eigenvalue weighted by Gasteiger charge is -2.13. The molecule has 122 valence electrons. The largest absolute Gasteiger partial charge is 0.322 e. The lowest BCUT2D eigenvalue weighted by molar-refractivity contribution is 0.102. The highest BCUT2D eigenvalue weighted by atomic mass is 19.1. The van der Waals surface area contributed by atoms with Gasteiger partial charge in [-0.15, -0.1) is 0 Å². The third kappa shape index (κ3) is 3.20. The molecule has 0 aliphatic rings. The molecule has 0 spiro atoms. The second-order valence-corrected chi connectivity index (χ2v) is 5.81. The Balaban J connectivity index is 1.97. The number of benzene rings is 2. The summed E-state index contributed by atoms with van der Waals surface area (Å²) < 4.78 is 14.8. The lowest BCUT2D eigenvalue weighted by atomic mass is 10.0. The van der Waals surface area contributed by atoms with Crippen LogP contribution in [-0.2, 0) is 0 Å². The van der Waals surface area contributed by atoms with E-state index in [2.05, 4.69) is 10.4 Å². The van der Waals surface area contributed by atoms with E-state index in [1.807, 2.05) is 44.2 Å². The van der Waals surface area contributed by atoms with Crippen molar-refractivity contribution >= 4 is 11.6 Å². The number of amides is 1. The number of halogens is 1. The fraction of sp³-hybridized carbons (Fsp3) is 0.158. The van der Waals surface area contributed by atoms with Gasteiger partial charge in [0.25, 0.3) is 5.91 Å². The third-order valence-corrected chi connectivity index (χ3v) is 3.70. The highest BCUT2D eigenvalue weighted by molar-refractivity contribution is 6.05. The van der Waals surface area contributed by atoms with Crippen LogP contribution in [0.25, 0.3) is 5.69 Å². The summed E-state index contributed by atoms with van der Waals surface area (Å²) in [6.45, 7) is 3.99. The van der Waals surface area contributed by atoms with Gasteiger partial charge in [0.15, 0.2) is 0 Å². The van der Waals surface area contributed by atoms with Crippen LogP contribution in [0.5, 0.6) is 0 Å². The Labute approximate surface area is 139 Å². The number of carbonyl (C=O) groups excluding carboxylic acids is 1. The van der Waals surface area contributed by atoms with Crippen LogP contribution in [-0.4, -0.2) is 15.7 Å². The summed E-state index contributed by atoms with van der Waals surface area (Å²) in [5, 5.41) is 7.21. The number of para-hydroxylation sites is 1. The Bertz CT molecular complexity index is 839. The first-order valence-electron chi connectivity index (χ1n) is 7.76. The molecule has 0 aliphatic carbocycles. The van der Waals surface area contributed by atoms with Crippen molar-refractivity contribution in [1.29, 1.82) is 0 Å². The van der Waals surface area contributed by atoms with Crippen molar-refractivity contribution in [2.24, 2.45) is 0 Å². The summed E-state index contributed by atoms with van der Waals surface area (Å²) in [7, 11) is 0. The SMILES string of the molecule is CC(C)c1c(C(=O)Nc2ccccc2)cnn1-c1ccc(F)cc1. The van der Waals surface area contributed by atoms with E-state index in [4.69, 9.17) is 0 Å². The van der Waals surface area contributed by atoms with E-state index in [-0.39, 0.29) is 17.6 Å². The van der Waals surface area contributed by atoms with Gasteiger partial charge in [-0.25, -0.2) is 9.07 Å². The average Bonchev–Trinajstić information content (AvgIpc) is 3.02. The van der Waals surface area contributed by atoms with Crippen molar-refractivity contribution in [3.63, 3.8) is 0 Å². The molecule has 0 radical (unpaired) electrons. The number of nitrogens with one attached hydrogen (secondary N) is 1. The Kier molecular flexibility index (Phi) is 4.42. The molecule has 4 nitrogen and oxygen atoms in total. The van der Waals surface area contributed by atoms with Gasteiger partial charge in [-0.3, -0.25) is 4.79 Å². The Morgan fingerprint density at radius 3 is 2.38 bits per heavy atom. The summed E-state index contributed by atoms with van der Waals surface area (Å²) in [5.41, 5.74) is 2.75. The molecule has 0 saturated carbocycles. The average molecular weight is 323 g/mol. The van der Waals surface area contributed by atoms with E-state index in [1.54, 1.807) is 23.0 Å². The predicted molar refractivity (Wildman–Crippen MR) is 92.0 cm³/mol. The molecule has 3 aromatic rings. The smallest absolute Gasteiger partial charge is 0.259 e. The number of rotatable bonds is 4. The van der Waals surface area contributed by atoms with Crippen molar-refractivity contribution in [2.75, 3.05) is 5.32 Å². The van der Waals surface area contributed by atoms with Crippen LogP contribution >= 0.6 is 0 Å². The molecule has 1 amide bonds. The number of nitrogens with zero attached hydrogens (tertiary/aromatic N) is 2. The van der Waals surface area contributed by atoms with Gasteiger partial charge in [-0.05, 0) is 42.3 Å². The summed E-state index contributed by atoms with van der Waals surface area (Å²) in [4.78, 5) is 12.6. The maximum absolute atomic E-state index is 13.1. The first-order chi connectivity index (χ1) is 11.6. The molecule has 3 rings (SSSR count). The molecular formula is C19H18FN3O. The van der Waals surface area contributed by atoms with E-state index < -0.39 is 0 Å². The zero-order chi connectivity index (χ0) is 17.1. The highest BCUT2D eigenvalue weighted by Crippen LogP contribution is 2.24. The Morgan fingerprint density at radius 2 is 1.75 bits per heavy atom. The van der Waals surface area contributed by atoms with Crippen molar-refractivity contribution in [3.05, 3.63) is 77.9 Å². The number of aromatic nitrogens is 2. The molecule has 1 N–H and O–H groups in total. The summed E-state index contributed by atoms with van der Waals surface area (Å²) in [6.07, 6.45) is 1.55. The van der Waals surface area contributed by atoms with Crippen LogP contribution in [0.15, 0.2) is 60.8 Å². The third-order valence-electron chi connectivity index (χ3n) is 3.70. The molecule has 24 heavy (non-hydrogen) atoms. The van der Waals surface area contributed by atoms with Crippen LogP contribution in [0.1, 0.15) is 35.8 Å². The summed E-state index contributed by atoms with van der Waals surface area (Å²) in [6, 6.07) is 15.3. The van der Waals surface area contributed by atoms with Gasteiger partial charge in [0.1, 0.15) is 5.82 Å². The molecule has 0 saturated heterocycles. The van der Waals surface area contributed by atoms with Crippen LogP contribution in [0.3, 0.4) is 0 Å². The Morgan fingerprint density at radius 1 is 1.08 bits per heavy atom. The maximum Gasteiger partial charge on any atom is 0.259 e. The standard InChI is InChI=1S/C19H18FN3O/c1-13(2)18-17(19(24)22-15-6-4-3-5-7-15)12-21-23(18)16-10-8-14(20)9-11-16/h3-13H,1-2H3,(H,22,24). The van der Waals surface area contributed by atoms with Crippen LogP contribution in [0.2, 0.25) is 0 Å². The van der Waals surface area contributed by atoms with Gasteiger partial charge in [0.05, 0.1) is 23.1 Å². The molecule has 0 unspecified atom stereocenters. The van der Waals surface area contributed by atoms with Crippen LogP contribution in [0, 0.1) is 5.82 Å². The topological polar surface area (TPSA) is 46.9 Å². The normalized spacial score (nSPS) is 10.8. The monoisotopic (exact) mass is 323 g/mol. The minimum absolute atomic E-state index is 0.0778. The van der Waals surface area contributed by atoms with E-state index >= 15 is 0 Å². The van der Waals surface area contributed by atoms with Crippen molar-refractivity contribution < 1.29 is 9.18 Å². The molecule has 2 aromatic carbocycles. The number of anilines is 1. The van der Waals surface area contributed by atoms with E-state index in [0.717, 1.165) is 17.1 Å². The van der Waals surface area contributed by atoms with Gasteiger partial charge in [0.2, 0.25) is 0 Å². The lowest BCUT2D eigenvalue weighted by Crippen LogP contribution is -2.15. The van der Waals surface area contributed by atoms with Gasteiger partial charge >= 0.3 is 0 Å². The molecule has 0 atom stereocenters. The van der Waals surface area contributed by atoms with E-state index in [1.165, 1.54) is 12.1 Å². The quantitative estimate of drug-likeness (QED) is 0.774. The van der Waals surface area contributed by atoms with E-state index in [9.17, 15) is 9.18 Å². The first-order valence-corrected chi connectivity index (χ1v) is 7.76. The van der Waals surface area contributed by atoms with Crippen molar-refractivity contribution in [3.8, 4) is 5.69 Å². The van der Waals surface area contributed by atoms with Gasteiger partial charge in [0, 0.05) is 5.69 Å².